The highest BCUT2D eigenvalue weighted by molar-refractivity contribution is 4.62. The van der Waals surface area contributed by atoms with E-state index in [1.165, 1.54) is 0 Å². The average molecular weight is 156 g/mol. The maximum atomic E-state index is 12.2. The Morgan fingerprint density at radius 1 is 1.30 bits per heavy atom. The molecule has 0 aliphatic carbocycles. The maximum Gasteiger partial charge on any atom is 0.308 e. The van der Waals surface area contributed by atoms with Crippen molar-refractivity contribution >= 4 is 0 Å². The second kappa shape index (κ2) is 3.80. The van der Waals surface area contributed by atoms with Gasteiger partial charge in [0.15, 0.2) is 6.17 Å². The smallest absolute Gasteiger partial charge is 0.308 e. The fourth-order valence-electron chi connectivity index (χ4n) is 0.450. The zero-order chi connectivity index (χ0) is 8.20. The van der Waals surface area contributed by atoms with Gasteiger partial charge >= 0.3 is 5.97 Å². The van der Waals surface area contributed by atoms with Crippen molar-refractivity contribution in [3.8, 4) is 0 Å². The number of hydrogen-bond donors (Lipinski definition) is 3. The predicted molar refractivity (Wildman–Crippen MR) is 29.5 cm³/mol. The highest BCUT2D eigenvalue weighted by Crippen LogP contribution is 2.12. The van der Waals surface area contributed by atoms with Gasteiger partial charge in [0, 0.05) is 0 Å². The first-order chi connectivity index (χ1) is 4.48. The Kier molecular flexibility index (Phi) is 3.70. The fourth-order valence-corrected chi connectivity index (χ4v) is 0.450. The normalized spacial score (nSPS) is 15.3. The van der Waals surface area contributed by atoms with E-state index in [9.17, 15) is 8.78 Å². The lowest BCUT2D eigenvalue weighted by Crippen LogP contribution is -2.39. The van der Waals surface area contributed by atoms with Crippen LogP contribution >= 0.6 is 0 Å². The average Bonchev–Trinajstić information content (AvgIpc) is 1.80. The fraction of sp³-hybridized carbons (Fsp3) is 1.00. The van der Waals surface area contributed by atoms with Crippen LogP contribution in [0.15, 0.2) is 0 Å². The molecular formula is C5H10F2O3. The topological polar surface area (TPSA) is 60.7 Å². The van der Waals surface area contributed by atoms with Crippen molar-refractivity contribution in [1.82, 2.24) is 0 Å². The molecule has 0 aromatic rings. The number of hydrogen-bond acceptors (Lipinski definition) is 3. The summed E-state index contributed by atoms with van der Waals surface area (Å²) in [6, 6.07) is 0. The van der Waals surface area contributed by atoms with Gasteiger partial charge in [-0.2, -0.15) is 0 Å². The van der Waals surface area contributed by atoms with Gasteiger partial charge in [0.05, 0.1) is 6.67 Å². The Bertz CT molecular complexity index is 91.4. The molecule has 0 radical (unpaired) electrons. The molecule has 0 aromatic heterocycles. The monoisotopic (exact) mass is 156 g/mol. The van der Waals surface area contributed by atoms with E-state index in [1.54, 1.807) is 0 Å². The number of aliphatic hydroxyl groups is 3. The Balaban J connectivity index is 3.52. The molecule has 0 rings (SSSR count). The van der Waals surface area contributed by atoms with Crippen LogP contribution in [0.25, 0.3) is 0 Å². The van der Waals surface area contributed by atoms with Crippen LogP contribution in [0, 0.1) is 0 Å². The highest BCUT2D eigenvalue weighted by atomic mass is 19.1. The predicted octanol–water partition coefficient (Wildman–Crippen LogP) is -0.295. The molecule has 0 aliphatic rings. The molecule has 0 aliphatic heterocycles. The van der Waals surface area contributed by atoms with Crippen molar-refractivity contribution < 1.29 is 24.1 Å². The van der Waals surface area contributed by atoms with Gasteiger partial charge < -0.3 is 15.3 Å². The van der Waals surface area contributed by atoms with E-state index in [1.807, 2.05) is 0 Å². The summed E-state index contributed by atoms with van der Waals surface area (Å²) in [5.41, 5.74) is 0. The van der Waals surface area contributed by atoms with Crippen molar-refractivity contribution in [2.24, 2.45) is 0 Å². The lowest BCUT2D eigenvalue weighted by Gasteiger charge is -2.17. The first-order valence-electron chi connectivity index (χ1n) is 2.85. The zero-order valence-corrected chi connectivity index (χ0v) is 5.30. The van der Waals surface area contributed by atoms with E-state index in [4.69, 9.17) is 15.3 Å². The molecule has 0 aromatic carbocycles. The summed E-state index contributed by atoms with van der Waals surface area (Å²) in [4.78, 5) is 0. The molecule has 1 unspecified atom stereocenters. The molecule has 0 saturated carbocycles. The minimum absolute atomic E-state index is 0.134. The number of halogens is 2. The number of alkyl halides is 2. The standard InChI is InChI=1S/C5H10F2O3/c6-3-1-2-4(7)5(8,9)10/h4,8-10H,1-3H2. The van der Waals surface area contributed by atoms with Gasteiger partial charge in [-0.3, -0.25) is 4.39 Å². The summed E-state index contributed by atoms with van der Waals surface area (Å²) in [5.74, 6) is -3.32. The second-order valence-corrected chi connectivity index (χ2v) is 1.99. The third kappa shape index (κ3) is 3.71. The van der Waals surface area contributed by atoms with Gasteiger partial charge in [0.2, 0.25) is 0 Å². The van der Waals surface area contributed by atoms with E-state index in [0.29, 0.717) is 0 Å². The van der Waals surface area contributed by atoms with E-state index < -0.39 is 25.2 Å². The third-order valence-corrected chi connectivity index (χ3v) is 1.01. The summed E-state index contributed by atoms with van der Waals surface area (Å²) >= 11 is 0. The highest BCUT2D eigenvalue weighted by Gasteiger charge is 2.31. The van der Waals surface area contributed by atoms with Crippen molar-refractivity contribution in [2.45, 2.75) is 25.0 Å². The van der Waals surface area contributed by atoms with Crippen LogP contribution in [-0.4, -0.2) is 34.1 Å². The third-order valence-electron chi connectivity index (χ3n) is 1.01. The van der Waals surface area contributed by atoms with Crippen LogP contribution < -0.4 is 0 Å². The van der Waals surface area contributed by atoms with Crippen LogP contribution in [0.5, 0.6) is 0 Å². The summed E-state index contributed by atoms with van der Waals surface area (Å²) in [7, 11) is 0. The molecule has 1 atom stereocenters. The van der Waals surface area contributed by atoms with E-state index in [-0.39, 0.29) is 6.42 Å². The number of rotatable bonds is 4. The molecule has 62 valence electrons. The van der Waals surface area contributed by atoms with Gasteiger partial charge in [0.25, 0.3) is 0 Å². The van der Waals surface area contributed by atoms with Crippen molar-refractivity contribution in [3.63, 3.8) is 0 Å². The van der Waals surface area contributed by atoms with Gasteiger partial charge in [-0.1, -0.05) is 0 Å². The van der Waals surface area contributed by atoms with Crippen LogP contribution in [0.2, 0.25) is 0 Å². The first-order valence-corrected chi connectivity index (χ1v) is 2.85. The zero-order valence-electron chi connectivity index (χ0n) is 5.30. The van der Waals surface area contributed by atoms with Gasteiger partial charge in [-0.25, -0.2) is 4.39 Å². The Morgan fingerprint density at radius 3 is 2.10 bits per heavy atom. The molecule has 0 spiro atoms. The molecule has 0 bridgehead atoms. The van der Waals surface area contributed by atoms with E-state index in [2.05, 4.69) is 0 Å². The summed E-state index contributed by atoms with van der Waals surface area (Å²) in [5, 5.41) is 24.4. The van der Waals surface area contributed by atoms with Gasteiger partial charge in [-0.15, -0.1) is 0 Å². The molecule has 3 nitrogen and oxygen atoms in total. The first kappa shape index (κ1) is 9.74. The van der Waals surface area contributed by atoms with Crippen LogP contribution in [0.4, 0.5) is 8.78 Å². The lowest BCUT2D eigenvalue weighted by atomic mass is 10.2. The summed E-state index contributed by atoms with van der Waals surface area (Å²) < 4.78 is 23.5. The van der Waals surface area contributed by atoms with E-state index in [0.717, 1.165) is 0 Å². The maximum absolute atomic E-state index is 12.2. The van der Waals surface area contributed by atoms with Gasteiger partial charge in [0.1, 0.15) is 0 Å². The van der Waals surface area contributed by atoms with Gasteiger partial charge in [-0.05, 0) is 12.8 Å². The Hall–Kier alpha value is -0.260. The molecular weight excluding hydrogens is 146 g/mol. The largest absolute Gasteiger partial charge is 0.341 e. The summed E-state index contributed by atoms with van der Waals surface area (Å²) in [6.45, 7) is -0.740. The molecule has 10 heavy (non-hydrogen) atoms. The molecule has 0 heterocycles. The SMILES string of the molecule is OC(O)(O)C(F)CCCF. The van der Waals surface area contributed by atoms with E-state index >= 15 is 0 Å². The lowest BCUT2D eigenvalue weighted by molar-refractivity contribution is -0.342. The van der Waals surface area contributed by atoms with Crippen LogP contribution in [0.1, 0.15) is 12.8 Å². The van der Waals surface area contributed by atoms with Crippen LogP contribution in [-0.2, 0) is 0 Å². The quantitative estimate of drug-likeness (QED) is 0.490. The molecule has 0 saturated heterocycles. The van der Waals surface area contributed by atoms with Crippen LogP contribution in [0.3, 0.4) is 0 Å². The Morgan fingerprint density at radius 2 is 1.80 bits per heavy atom. The Labute approximate surface area is 56.9 Å². The molecule has 0 fully saturated rings. The van der Waals surface area contributed by atoms with Crippen molar-refractivity contribution in [2.75, 3.05) is 6.67 Å². The van der Waals surface area contributed by atoms with Crippen molar-refractivity contribution in [3.05, 3.63) is 0 Å². The minimum Gasteiger partial charge on any atom is -0.341 e. The molecule has 5 heteroatoms. The summed E-state index contributed by atoms with van der Waals surface area (Å²) in [6.07, 6.45) is -2.74. The molecule has 3 N–H and O–H groups in total. The minimum atomic E-state index is -3.32. The van der Waals surface area contributed by atoms with Crippen molar-refractivity contribution in [1.29, 1.82) is 0 Å². The molecule has 0 amide bonds. The second-order valence-electron chi connectivity index (χ2n) is 1.99.